The summed E-state index contributed by atoms with van der Waals surface area (Å²) in [5, 5.41) is 9.26. The molecule has 1 saturated carbocycles. The maximum atomic E-state index is 12.5. The van der Waals surface area contributed by atoms with E-state index >= 15 is 0 Å². The molecule has 0 heterocycles. The first-order valence-corrected chi connectivity index (χ1v) is 8.66. The molecule has 1 aromatic carbocycles. The summed E-state index contributed by atoms with van der Waals surface area (Å²) in [4.78, 5) is 11.5. The monoisotopic (exact) mass is 311 g/mol. The van der Waals surface area contributed by atoms with E-state index in [4.69, 9.17) is 0 Å². The topological polar surface area (TPSA) is 74.7 Å². The van der Waals surface area contributed by atoms with E-state index in [0.29, 0.717) is 31.5 Å². The zero-order chi connectivity index (χ0) is 15.7. The second kappa shape index (κ2) is 5.77. The van der Waals surface area contributed by atoms with Gasteiger partial charge in [0.2, 0.25) is 10.0 Å². The molecule has 21 heavy (non-hydrogen) atoms. The summed E-state index contributed by atoms with van der Waals surface area (Å²) in [5.41, 5.74) is -0.108. The fourth-order valence-corrected chi connectivity index (χ4v) is 4.08. The van der Waals surface area contributed by atoms with Gasteiger partial charge in [0.05, 0.1) is 10.3 Å². The van der Waals surface area contributed by atoms with Crippen LogP contribution in [0.25, 0.3) is 0 Å². The molecule has 116 valence electrons. The second-order valence-corrected chi connectivity index (χ2v) is 7.35. The molecular weight excluding hydrogens is 290 g/mol. The van der Waals surface area contributed by atoms with Gasteiger partial charge in [-0.3, -0.25) is 4.79 Å². The van der Waals surface area contributed by atoms with Crippen LogP contribution in [0.5, 0.6) is 0 Å². The highest BCUT2D eigenvalue weighted by atomic mass is 32.2. The van der Waals surface area contributed by atoms with Crippen LogP contribution in [-0.2, 0) is 20.2 Å². The van der Waals surface area contributed by atoms with Crippen molar-refractivity contribution in [3.63, 3.8) is 0 Å². The Balaban J connectivity index is 2.29. The van der Waals surface area contributed by atoms with Gasteiger partial charge in [0, 0.05) is 13.1 Å². The van der Waals surface area contributed by atoms with E-state index < -0.39 is 21.4 Å². The second-order valence-electron chi connectivity index (χ2n) is 5.41. The van der Waals surface area contributed by atoms with Crippen molar-refractivity contribution in [2.75, 3.05) is 13.1 Å². The van der Waals surface area contributed by atoms with Gasteiger partial charge in [0.1, 0.15) is 0 Å². The largest absolute Gasteiger partial charge is 0.481 e. The molecule has 6 heteroatoms. The third kappa shape index (κ3) is 2.82. The van der Waals surface area contributed by atoms with Crippen molar-refractivity contribution in [3.8, 4) is 0 Å². The first-order valence-electron chi connectivity index (χ1n) is 7.22. The van der Waals surface area contributed by atoms with Crippen LogP contribution in [0.1, 0.15) is 38.7 Å². The van der Waals surface area contributed by atoms with Crippen molar-refractivity contribution in [3.05, 3.63) is 29.8 Å². The van der Waals surface area contributed by atoms with Crippen molar-refractivity contribution in [1.82, 2.24) is 4.31 Å². The number of rotatable bonds is 7. The molecule has 1 aromatic rings. The molecule has 2 rings (SSSR count). The zero-order valence-electron chi connectivity index (χ0n) is 12.4. The van der Waals surface area contributed by atoms with Crippen LogP contribution in [0.15, 0.2) is 29.2 Å². The van der Waals surface area contributed by atoms with E-state index in [0.717, 1.165) is 6.42 Å². The van der Waals surface area contributed by atoms with Gasteiger partial charge in [-0.2, -0.15) is 4.31 Å². The number of carboxylic acids is 1. The first kappa shape index (κ1) is 16.0. The number of hydrogen-bond donors (Lipinski definition) is 1. The van der Waals surface area contributed by atoms with Crippen LogP contribution in [0.3, 0.4) is 0 Å². The highest BCUT2D eigenvalue weighted by Crippen LogP contribution is 2.48. The number of sulfonamides is 1. The van der Waals surface area contributed by atoms with E-state index in [2.05, 4.69) is 0 Å². The van der Waals surface area contributed by atoms with Gasteiger partial charge >= 0.3 is 5.97 Å². The Kier molecular flexibility index (Phi) is 4.39. The van der Waals surface area contributed by atoms with Gasteiger partial charge in [-0.15, -0.1) is 0 Å². The van der Waals surface area contributed by atoms with Gasteiger partial charge < -0.3 is 5.11 Å². The summed E-state index contributed by atoms with van der Waals surface area (Å²) >= 11 is 0. The van der Waals surface area contributed by atoms with Gasteiger partial charge in [-0.05, 0) is 37.0 Å². The summed E-state index contributed by atoms with van der Waals surface area (Å²) < 4.78 is 26.4. The quantitative estimate of drug-likeness (QED) is 0.838. The minimum Gasteiger partial charge on any atom is -0.481 e. The number of nitrogens with zero attached hydrogens (tertiary/aromatic N) is 1. The summed E-state index contributed by atoms with van der Waals surface area (Å²) in [6, 6.07) is 6.31. The Morgan fingerprint density at radius 1 is 1.24 bits per heavy atom. The molecule has 0 spiro atoms. The maximum Gasteiger partial charge on any atom is 0.314 e. The lowest BCUT2D eigenvalue weighted by Gasteiger charge is -2.20. The van der Waals surface area contributed by atoms with E-state index in [-0.39, 0.29) is 4.90 Å². The van der Waals surface area contributed by atoms with Gasteiger partial charge in [-0.1, -0.05) is 26.0 Å². The maximum absolute atomic E-state index is 12.5. The molecule has 0 saturated heterocycles. The molecule has 0 aliphatic heterocycles. The van der Waals surface area contributed by atoms with Gasteiger partial charge in [0.15, 0.2) is 0 Å². The van der Waals surface area contributed by atoms with Gasteiger partial charge in [-0.25, -0.2) is 8.42 Å². The van der Waals surface area contributed by atoms with Crippen LogP contribution in [0, 0.1) is 0 Å². The highest BCUT2D eigenvalue weighted by Gasteiger charge is 2.51. The molecule has 0 amide bonds. The van der Waals surface area contributed by atoms with Crippen LogP contribution < -0.4 is 0 Å². The molecule has 0 atom stereocenters. The molecule has 1 aliphatic carbocycles. The first-order chi connectivity index (χ1) is 9.88. The van der Waals surface area contributed by atoms with E-state index in [9.17, 15) is 18.3 Å². The van der Waals surface area contributed by atoms with E-state index in [1.807, 2.05) is 13.8 Å². The third-order valence-corrected chi connectivity index (χ3v) is 6.02. The zero-order valence-corrected chi connectivity index (χ0v) is 13.2. The summed E-state index contributed by atoms with van der Waals surface area (Å²) in [7, 11) is -3.49. The predicted molar refractivity (Wildman–Crippen MR) is 79.7 cm³/mol. The lowest BCUT2D eigenvalue weighted by Crippen LogP contribution is -2.31. The van der Waals surface area contributed by atoms with Crippen LogP contribution in [0.4, 0.5) is 0 Å². The highest BCUT2D eigenvalue weighted by molar-refractivity contribution is 7.89. The molecule has 0 radical (unpaired) electrons. The Bertz CT molecular complexity index is 618. The van der Waals surface area contributed by atoms with E-state index in [1.165, 1.54) is 16.4 Å². The Morgan fingerprint density at radius 3 is 2.19 bits per heavy atom. The predicted octanol–water partition coefficient (Wildman–Crippen LogP) is 2.22. The number of benzene rings is 1. The number of carbonyl (C=O) groups is 1. The Hall–Kier alpha value is -1.40. The van der Waals surface area contributed by atoms with Crippen LogP contribution in [-0.4, -0.2) is 36.9 Å². The average Bonchev–Trinajstić information content (AvgIpc) is 3.26. The molecule has 1 aliphatic rings. The molecule has 0 unspecified atom stereocenters. The third-order valence-electron chi connectivity index (χ3n) is 4.03. The minimum absolute atomic E-state index is 0.225. The van der Waals surface area contributed by atoms with Crippen LogP contribution in [0.2, 0.25) is 0 Å². The number of hydrogen-bond acceptors (Lipinski definition) is 3. The summed E-state index contributed by atoms with van der Waals surface area (Å²) in [6.07, 6.45) is 1.99. The van der Waals surface area contributed by atoms with E-state index in [1.54, 1.807) is 12.1 Å². The summed E-state index contributed by atoms with van der Waals surface area (Å²) in [5.74, 6) is -0.834. The number of carboxylic acid groups (broad SMARTS) is 1. The normalized spacial score (nSPS) is 16.9. The lowest BCUT2D eigenvalue weighted by atomic mass is 9.96. The molecule has 5 nitrogen and oxygen atoms in total. The van der Waals surface area contributed by atoms with Crippen LogP contribution >= 0.6 is 0 Å². The fourth-order valence-electron chi connectivity index (χ4n) is 2.54. The minimum atomic E-state index is -3.49. The molecular formula is C15H21NO4S. The molecule has 1 N–H and O–H groups in total. The van der Waals surface area contributed by atoms with Crippen molar-refractivity contribution >= 4 is 16.0 Å². The van der Waals surface area contributed by atoms with Crippen molar-refractivity contribution in [1.29, 1.82) is 0 Å². The van der Waals surface area contributed by atoms with Gasteiger partial charge in [0.25, 0.3) is 0 Å². The Morgan fingerprint density at radius 2 is 1.81 bits per heavy atom. The SMILES string of the molecule is CCCN(CC)S(=O)(=O)c1ccc(C2(C(=O)O)CC2)cc1. The van der Waals surface area contributed by atoms with Crippen molar-refractivity contribution < 1.29 is 18.3 Å². The smallest absolute Gasteiger partial charge is 0.314 e. The fraction of sp³-hybridized carbons (Fsp3) is 0.533. The van der Waals surface area contributed by atoms with Crippen molar-refractivity contribution in [2.45, 2.75) is 43.4 Å². The lowest BCUT2D eigenvalue weighted by molar-refractivity contribution is -0.140. The Labute approximate surface area is 125 Å². The molecule has 0 aromatic heterocycles. The molecule has 0 bridgehead atoms. The number of aliphatic carboxylic acids is 1. The standard InChI is InChI=1S/C15H21NO4S/c1-3-11-16(4-2)21(19,20)13-7-5-12(6-8-13)15(9-10-15)14(17)18/h5-8H,3-4,9-11H2,1-2H3,(H,17,18). The van der Waals surface area contributed by atoms with Crippen molar-refractivity contribution in [2.24, 2.45) is 0 Å². The summed E-state index contributed by atoms with van der Waals surface area (Å²) in [6.45, 7) is 4.66. The average molecular weight is 311 g/mol. The molecule has 1 fully saturated rings.